The van der Waals surface area contributed by atoms with Crippen LogP contribution in [0.25, 0.3) is 0 Å². The summed E-state index contributed by atoms with van der Waals surface area (Å²) in [7, 11) is 0. The molecule has 104 valence electrons. The Morgan fingerprint density at radius 1 is 1.15 bits per heavy atom. The maximum Gasteiger partial charge on any atom is 0.147 e. The molecule has 2 rings (SSSR count). The molecule has 0 aromatic heterocycles. The molecule has 0 unspecified atom stereocenters. The number of halogens is 3. The fourth-order valence-electron chi connectivity index (χ4n) is 1.66. The first-order valence-electron chi connectivity index (χ1n) is 5.88. The van der Waals surface area contributed by atoms with E-state index in [4.69, 9.17) is 11.6 Å². The number of rotatable bonds is 5. The SMILES string of the molecule is O=C(CSc1cccc(Cl)c1)Cc1cc(F)ccc1F. The van der Waals surface area contributed by atoms with Gasteiger partial charge in [0, 0.05) is 16.3 Å². The highest BCUT2D eigenvalue weighted by Gasteiger charge is 2.10. The molecule has 0 fully saturated rings. The van der Waals surface area contributed by atoms with Crippen molar-refractivity contribution in [2.45, 2.75) is 11.3 Å². The number of carbonyl (C=O) groups is 1. The van der Waals surface area contributed by atoms with Gasteiger partial charge in [0.2, 0.25) is 0 Å². The Labute approximate surface area is 125 Å². The van der Waals surface area contributed by atoms with Crippen molar-refractivity contribution in [3.05, 3.63) is 64.7 Å². The van der Waals surface area contributed by atoms with Gasteiger partial charge >= 0.3 is 0 Å². The van der Waals surface area contributed by atoms with E-state index < -0.39 is 11.6 Å². The first kappa shape index (κ1) is 15.0. The van der Waals surface area contributed by atoms with Crippen LogP contribution in [-0.4, -0.2) is 11.5 Å². The fraction of sp³-hybridized carbons (Fsp3) is 0.133. The lowest BCUT2D eigenvalue weighted by atomic mass is 10.1. The molecule has 1 nitrogen and oxygen atoms in total. The van der Waals surface area contributed by atoms with E-state index in [-0.39, 0.29) is 23.5 Å². The quantitative estimate of drug-likeness (QED) is 0.755. The third kappa shape index (κ3) is 4.32. The number of benzene rings is 2. The largest absolute Gasteiger partial charge is 0.298 e. The molecule has 0 aliphatic heterocycles. The lowest BCUT2D eigenvalue weighted by Crippen LogP contribution is -2.07. The van der Waals surface area contributed by atoms with Gasteiger partial charge in [0.1, 0.15) is 17.4 Å². The Balaban J connectivity index is 1.94. The Bertz CT molecular complexity index is 631. The minimum atomic E-state index is -0.562. The number of carbonyl (C=O) groups excluding carboxylic acids is 1. The third-order valence-corrected chi connectivity index (χ3v) is 3.88. The average Bonchev–Trinajstić information content (AvgIpc) is 2.41. The van der Waals surface area contributed by atoms with Gasteiger partial charge in [-0.05, 0) is 42.0 Å². The zero-order valence-electron chi connectivity index (χ0n) is 10.4. The van der Waals surface area contributed by atoms with Crippen LogP contribution < -0.4 is 0 Å². The van der Waals surface area contributed by atoms with Gasteiger partial charge < -0.3 is 0 Å². The summed E-state index contributed by atoms with van der Waals surface area (Å²) in [6, 6.07) is 10.2. The van der Waals surface area contributed by atoms with E-state index in [0.29, 0.717) is 5.02 Å². The molecule has 0 atom stereocenters. The summed E-state index contributed by atoms with van der Waals surface area (Å²) in [4.78, 5) is 12.7. The van der Waals surface area contributed by atoms with Crippen LogP contribution in [0.3, 0.4) is 0 Å². The van der Waals surface area contributed by atoms with Crippen LogP contribution in [0.5, 0.6) is 0 Å². The van der Waals surface area contributed by atoms with Crippen LogP contribution >= 0.6 is 23.4 Å². The average molecular weight is 313 g/mol. The second-order valence-corrected chi connectivity index (χ2v) is 5.68. The summed E-state index contributed by atoms with van der Waals surface area (Å²) in [6.45, 7) is 0. The molecular formula is C15H11ClF2OS. The zero-order chi connectivity index (χ0) is 14.5. The molecule has 0 saturated carbocycles. The summed E-state index contributed by atoms with van der Waals surface area (Å²) >= 11 is 7.16. The molecule has 0 aliphatic rings. The minimum absolute atomic E-state index is 0.0849. The lowest BCUT2D eigenvalue weighted by molar-refractivity contribution is -0.116. The van der Waals surface area contributed by atoms with E-state index >= 15 is 0 Å². The Morgan fingerprint density at radius 2 is 1.95 bits per heavy atom. The summed E-state index contributed by atoms with van der Waals surface area (Å²) in [5.41, 5.74) is 0.0849. The molecule has 20 heavy (non-hydrogen) atoms. The highest BCUT2D eigenvalue weighted by molar-refractivity contribution is 8.00. The minimum Gasteiger partial charge on any atom is -0.298 e. The van der Waals surface area contributed by atoms with Gasteiger partial charge in [0.05, 0.1) is 5.75 Å². The Kier molecular flexibility index (Phi) is 5.15. The van der Waals surface area contributed by atoms with Gasteiger partial charge in [0.15, 0.2) is 0 Å². The highest BCUT2D eigenvalue weighted by atomic mass is 35.5. The van der Waals surface area contributed by atoms with Crippen LogP contribution in [0.4, 0.5) is 8.78 Å². The fourth-order valence-corrected chi connectivity index (χ4v) is 2.73. The molecule has 0 heterocycles. The van der Waals surface area contributed by atoms with Crippen molar-refractivity contribution in [2.24, 2.45) is 0 Å². The van der Waals surface area contributed by atoms with Crippen molar-refractivity contribution in [1.82, 2.24) is 0 Å². The van der Waals surface area contributed by atoms with Crippen molar-refractivity contribution in [3.63, 3.8) is 0 Å². The van der Waals surface area contributed by atoms with E-state index in [9.17, 15) is 13.6 Å². The van der Waals surface area contributed by atoms with Crippen LogP contribution in [0.1, 0.15) is 5.56 Å². The molecule has 0 N–H and O–H groups in total. The second-order valence-electron chi connectivity index (χ2n) is 4.20. The molecule has 2 aromatic rings. The van der Waals surface area contributed by atoms with E-state index in [1.165, 1.54) is 11.8 Å². The van der Waals surface area contributed by atoms with Crippen molar-refractivity contribution in [2.75, 3.05) is 5.75 Å². The zero-order valence-corrected chi connectivity index (χ0v) is 12.0. The molecule has 0 radical (unpaired) electrons. The molecule has 0 saturated heterocycles. The van der Waals surface area contributed by atoms with Crippen LogP contribution in [0, 0.1) is 11.6 Å². The topological polar surface area (TPSA) is 17.1 Å². The summed E-state index contributed by atoms with van der Waals surface area (Å²) < 4.78 is 26.4. The number of hydrogen-bond acceptors (Lipinski definition) is 2. The van der Waals surface area contributed by atoms with Crippen molar-refractivity contribution >= 4 is 29.1 Å². The Morgan fingerprint density at radius 3 is 2.70 bits per heavy atom. The van der Waals surface area contributed by atoms with Gasteiger partial charge in [-0.25, -0.2) is 8.78 Å². The van der Waals surface area contributed by atoms with Crippen LogP contribution in [-0.2, 0) is 11.2 Å². The van der Waals surface area contributed by atoms with Crippen molar-refractivity contribution in [3.8, 4) is 0 Å². The van der Waals surface area contributed by atoms with Gasteiger partial charge in [-0.15, -0.1) is 11.8 Å². The van der Waals surface area contributed by atoms with E-state index in [1.807, 2.05) is 6.07 Å². The number of ketones is 1. The van der Waals surface area contributed by atoms with Gasteiger partial charge in [-0.2, -0.15) is 0 Å². The standard InChI is InChI=1S/C15H11ClF2OS/c16-11-2-1-3-14(8-11)20-9-13(19)7-10-6-12(17)4-5-15(10)18/h1-6,8H,7,9H2. The molecule has 0 aliphatic carbocycles. The first-order valence-corrected chi connectivity index (χ1v) is 7.25. The predicted octanol–water partition coefficient (Wildman–Crippen LogP) is 4.52. The van der Waals surface area contributed by atoms with Crippen LogP contribution in [0.2, 0.25) is 5.02 Å². The summed E-state index contributed by atoms with van der Waals surface area (Å²) in [6.07, 6.45) is -0.114. The third-order valence-electron chi connectivity index (χ3n) is 2.59. The lowest BCUT2D eigenvalue weighted by Gasteiger charge is -2.04. The summed E-state index contributed by atoms with van der Waals surface area (Å²) in [5, 5.41) is 0.596. The van der Waals surface area contributed by atoms with E-state index in [1.54, 1.807) is 18.2 Å². The van der Waals surface area contributed by atoms with Crippen molar-refractivity contribution in [1.29, 1.82) is 0 Å². The molecule has 5 heteroatoms. The maximum absolute atomic E-state index is 13.4. The number of thioether (sulfide) groups is 1. The van der Waals surface area contributed by atoms with E-state index in [0.717, 1.165) is 23.1 Å². The first-order chi connectivity index (χ1) is 9.54. The number of hydrogen-bond donors (Lipinski definition) is 0. The van der Waals surface area contributed by atoms with Gasteiger partial charge in [0.25, 0.3) is 0 Å². The van der Waals surface area contributed by atoms with Crippen LogP contribution in [0.15, 0.2) is 47.4 Å². The molecule has 0 spiro atoms. The maximum atomic E-state index is 13.4. The molecule has 0 amide bonds. The molecule has 0 bridgehead atoms. The highest BCUT2D eigenvalue weighted by Crippen LogP contribution is 2.22. The smallest absolute Gasteiger partial charge is 0.147 e. The van der Waals surface area contributed by atoms with Crippen molar-refractivity contribution < 1.29 is 13.6 Å². The molecule has 2 aromatic carbocycles. The predicted molar refractivity (Wildman–Crippen MR) is 77.2 cm³/mol. The van der Waals surface area contributed by atoms with Gasteiger partial charge in [-0.3, -0.25) is 4.79 Å². The van der Waals surface area contributed by atoms with E-state index in [2.05, 4.69) is 0 Å². The second kappa shape index (κ2) is 6.86. The number of Topliss-reactive ketones (excluding diaryl/α,β-unsaturated/α-hetero) is 1. The monoisotopic (exact) mass is 312 g/mol. The normalized spacial score (nSPS) is 10.6. The Hall–Kier alpha value is -1.39. The molecular weight excluding hydrogens is 302 g/mol. The summed E-state index contributed by atoms with van der Waals surface area (Å²) in [5.74, 6) is -1.08. The van der Waals surface area contributed by atoms with Gasteiger partial charge in [-0.1, -0.05) is 17.7 Å².